The largest absolute Gasteiger partial charge is 0.493 e. The van der Waals surface area contributed by atoms with Crippen LogP contribution in [0.5, 0.6) is 11.5 Å². The summed E-state index contributed by atoms with van der Waals surface area (Å²) < 4.78 is 14.4. The number of H-pyrrole nitrogens is 1. The van der Waals surface area contributed by atoms with E-state index in [9.17, 15) is 0 Å². The van der Waals surface area contributed by atoms with Crippen LogP contribution >= 0.6 is 12.2 Å². The quantitative estimate of drug-likeness (QED) is 0.638. The van der Waals surface area contributed by atoms with Crippen molar-refractivity contribution in [2.45, 2.75) is 13.0 Å². The van der Waals surface area contributed by atoms with Gasteiger partial charge in [-0.05, 0) is 48.9 Å². The van der Waals surface area contributed by atoms with Crippen LogP contribution in [-0.4, -0.2) is 31.0 Å². The number of hydrogen-bond acceptors (Lipinski definition) is 5. The monoisotopic (exact) mass is 370 g/mol. The summed E-state index contributed by atoms with van der Waals surface area (Å²) in [7, 11) is 1.52. The number of aromatic nitrogens is 1. The van der Waals surface area contributed by atoms with Crippen LogP contribution in [0.25, 0.3) is 10.9 Å². The molecular weight excluding hydrogens is 348 g/mol. The topological polar surface area (TPSA) is 55.5 Å². The van der Waals surface area contributed by atoms with Gasteiger partial charge in [0.2, 0.25) is 6.79 Å². The zero-order chi connectivity index (χ0) is 18.2. The molecule has 3 heterocycles. The molecule has 0 unspecified atom stereocenters. The Bertz CT molecular complexity index is 840. The number of methoxy groups -OCH3 is 1. The highest BCUT2D eigenvalue weighted by atomic mass is 32.1. The molecule has 0 atom stereocenters. The van der Waals surface area contributed by atoms with Gasteiger partial charge in [-0.15, -0.1) is 0 Å². The van der Waals surface area contributed by atoms with E-state index in [-0.39, 0.29) is 0 Å². The average Bonchev–Trinajstić information content (AvgIpc) is 3.33. The molecule has 0 fully saturated rings. The number of rotatable bonds is 1. The molecule has 3 aromatic rings. The lowest BCUT2D eigenvalue weighted by Crippen LogP contribution is -2.22. The van der Waals surface area contributed by atoms with E-state index >= 15 is 0 Å². The molecule has 0 spiro atoms. The zero-order valence-electron chi connectivity index (χ0n) is 14.7. The van der Waals surface area contributed by atoms with Crippen molar-refractivity contribution in [3.05, 3.63) is 59.8 Å². The minimum atomic E-state index is 0.360. The number of para-hydroxylation sites is 3. The first kappa shape index (κ1) is 18.2. The van der Waals surface area contributed by atoms with Crippen molar-refractivity contribution in [3.8, 4) is 11.5 Å². The van der Waals surface area contributed by atoms with E-state index in [0.717, 1.165) is 31.0 Å². The van der Waals surface area contributed by atoms with Gasteiger partial charge in [-0.3, -0.25) is 0 Å². The molecule has 136 valence electrons. The van der Waals surface area contributed by atoms with Crippen LogP contribution < -0.4 is 14.8 Å². The minimum Gasteiger partial charge on any atom is -0.493 e. The smallest absolute Gasteiger partial charge is 0.231 e. The van der Waals surface area contributed by atoms with Gasteiger partial charge in [0.05, 0.1) is 7.11 Å². The Balaban J connectivity index is 0.000000131. The maximum absolute atomic E-state index is 5.08. The highest BCUT2D eigenvalue weighted by molar-refractivity contribution is 7.78. The number of nitrogens with one attached hydrogen (secondary N) is 2. The Labute approximate surface area is 158 Å². The van der Waals surface area contributed by atoms with Crippen LogP contribution in [0, 0.1) is 0 Å². The fourth-order valence-electron chi connectivity index (χ4n) is 2.96. The number of ether oxygens (including phenoxy) is 3. The Kier molecular flexibility index (Phi) is 6.46. The molecule has 2 aliphatic heterocycles. The molecule has 6 heteroatoms. The van der Waals surface area contributed by atoms with Crippen molar-refractivity contribution in [2.75, 3.05) is 20.4 Å². The molecule has 0 amide bonds. The lowest BCUT2D eigenvalue weighted by Gasteiger charge is -2.12. The molecule has 2 aliphatic rings. The maximum atomic E-state index is 5.08. The van der Waals surface area contributed by atoms with E-state index in [1.807, 2.05) is 24.3 Å². The predicted molar refractivity (Wildman–Crippen MR) is 107 cm³/mol. The minimum absolute atomic E-state index is 0.360. The lowest BCUT2D eigenvalue weighted by molar-refractivity contribution is 0.174. The second-order valence-electron chi connectivity index (χ2n) is 5.74. The normalized spacial score (nSPS) is 13.6. The van der Waals surface area contributed by atoms with Crippen molar-refractivity contribution < 1.29 is 14.2 Å². The zero-order valence-corrected chi connectivity index (χ0v) is 15.5. The molecule has 5 rings (SSSR count). The van der Waals surface area contributed by atoms with Gasteiger partial charge in [-0.1, -0.05) is 30.3 Å². The lowest BCUT2D eigenvalue weighted by atomic mass is 10.1. The first-order chi connectivity index (χ1) is 12.8. The first-order valence-electron chi connectivity index (χ1n) is 8.43. The van der Waals surface area contributed by atoms with E-state index < -0.39 is 0 Å². The third kappa shape index (κ3) is 4.33. The number of benzene rings is 2. The van der Waals surface area contributed by atoms with Crippen molar-refractivity contribution in [1.82, 2.24) is 10.3 Å². The van der Waals surface area contributed by atoms with Gasteiger partial charge in [0, 0.05) is 23.1 Å². The van der Waals surface area contributed by atoms with E-state index in [1.165, 1.54) is 34.8 Å². The summed E-state index contributed by atoms with van der Waals surface area (Å²) in [4.78, 5) is 3.45. The fourth-order valence-corrected chi connectivity index (χ4v) is 2.96. The van der Waals surface area contributed by atoms with Crippen molar-refractivity contribution in [3.63, 3.8) is 0 Å². The highest BCUT2D eigenvalue weighted by Gasteiger charge is 2.13. The summed E-state index contributed by atoms with van der Waals surface area (Å²) in [5.41, 5.74) is 5.36. The van der Waals surface area contributed by atoms with Gasteiger partial charge in [0.25, 0.3) is 0 Å². The van der Waals surface area contributed by atoms with Gasteiger partial charge >= 0.3 is 0 Å². The van der Waals surface area contributed by atoms with Gasteiger partial charge < -0.3 is 24.5 Å². The number of fused-ring (bicyclic) bond motifs is 4. The van der Waals surface area contributed by atoms with E-state index in [4.69, 9.17) is 9.47 Å². The molecule has 26 heavy (non-hydrogen) atoms. The Morgan fingerprint density at radius 3 is 2.38 bits per heavy atom. The summed E-state index contributed by atoms with van der Waals surface area (Å²) >= 11 is 4.21. The molecular formula is C20H22N2O3S. The number of aromatic amines is 1. The Hall–Kier alpha value is -2.57. The van der Waals surface area contributed by atoms with E-state index in [0.29, 0.717) is 6.79 Å². The molecule has 0 saturated carbocycles. The van der Waals surface area contributed by atoms with Gasteiger partial charge in [-0.25, -0.2) is 0 Å². The van der Waals surface area contributed by atoms with Crippen LogP contribution in [0.15, 0.2) is 48.5 Å². The first-order valence-corrected chi connectivity index (χ1v) is 8.91. The van der Waals surface area contributed by atoms with Crippen molar-refractivity contribution in [2.24, 2.45) is 0 Å². The molecule has 0 aliphatic carbocycles. The van der Waals surface area contributed by atoms with Crippen LogP contribution in [0.2, 0.25) is 0 Å². The van der Waals surface area contributed by atoms with Crippen molar-refractivity contribution >= 4 is 28.7 Å². The second kappa shape index (κ2) is 9.22. The maximum Gasteiger partial charge on any atom is 0.231 e. The fraction of sp³-hybridized carbons (Fsp3) is 0.250. The summed E-state index contributed by atoms with van der Waals surface area (Å²) in [5, 5.41) is 4.77. The van der Waals surface area contributed by atoms with Gasteiger partial charge in [0.15, 0.2) is 11.5 Å². The third-order valence-electron chi connectivity index (χ3n) is 4.13. The predicted octanol–water partition coefficient (Wildman–Crippen LogP) is 3.82. The second-order valence-corrected chi connectivity index (χ2v) is 5.93. The Morgan fingerprint density at radius 1 is 1.04 bits per heavy atom. The molecule has 1 aromatic heterocycles. The van der Waals surface area contributed by atoms with E-state index in [1.54, 1.807) is 0 Å². The van der Waals surface area contributed by atoms with Crippen LogP contribution in [0.4, 0.5) is 0 Å². The van der Waals surface area contributed by atoms with Gasteiger partial charge in [0.1, 0.15) is 5.55 Å². The third-order valence-corrected chi connectivity index (χ3v) is 4.32. The molecule has 2 N–H and O–H groups in total. The summed E-state index contributed by atoms with van der Waals surface area (Å²) in [6, 6.07) is 16.2. The molecule has 0 saturated heterocycles. The van der Waals surface area contributed by atoms with Crippen LogP contribution in [0.3, 0.4) is 0 Å². The average molecular weight is 370 g/mol. The summed E-state index contributed by atoms with van der Waals surface area (Å²) in [6.45, 7) is 2.46. The van der Waals surface area contributed by atoms with Crippen molar-refractivity contribution in [1.29, 1.82) is 0 Å². The van der Waals surface area contributed by atoms with Crippen LogP contribution in [0.1, 0.15) is 11.3 Å². The summed E-state index contributed by atoms with van der Waals surface area (Å²) in [5.74, 6) is 1.69. The highest BCUT2D eigenvalue weighted by Crippen LogP contribution is 2.30. The summed E-state index contributed by atoms with van der Waals surface area (Å²) in [6.07, 6.45) is 1.15. The number of thiocarbonyl (C=S) groups is 1. The molecule has 0 bridgehead atoms. The standard InChI is InChI=1S/C11H12N2.C7H6O2.C2H4OS/c1-2-4-10-8(3-1)9-5-6-12-7-11(9)13-10;1-2-4-7-6(3-1)8-5-9-7;1-3-2-4/h1-4,12-13H,5-7H2;1-4H,5H2;2H,1H3. The number of hydrogen-bond donors (Lipinski definition) is 2. The molecule has 2 aromatic carbocycles. The Morgan fingerprint density at radius 2 is 1.69 bits per heavy atom. The molecule has 5 nitrogen and oxygen atoms in total. The van der Waals surface area contributed by atoms with Crippen LogP contribution in [-0.2, 0) is 17.7 Å². The van der Waals surface area contributed by atoms with Gasteiger partial charge in [-0.2, -0.15) is 0 Å². The molecule has 0 radical (unpaired) electrons. The SMILES string of the molecule is COC=S.c1ccc2c(c1)OCO2.c1ccc2c3c([nH]c2c1)CNCC3. The van der Waals surface area contributed by atoms with E-state index in [2.05, 4.69) is 51.5 Å².